The fraction of sp³-hybridized carbons (Fsp3) is 0.333. The van der Waals surface area contributed by atoms with Gasteiger partial charge in [0, 0.05) is 19.2 Å². The molecule has 0 amide bonds. The normalized spacial score (nSPS) is 11.3. The first kappa shape index (κ1) is 11.6. The molecule has 3 aromatic rings. The van der Waals surface area contributed by atoms with Crippen LogP contribution >= 0.6 is 0 Å². The van der Waals surface area contributed by atoms with Crippen molar-refractivity contribution >= 4 is 17.1 Å². The highest BCUT2D eigenvalue weighted by atomic mass is 16.5. The Bertz CT molecular complexity index is 729. The highest BCUT2D eigenvalue weighted by Crippen LogP contribution is 2.17. The highest BCUT2D eigenvalue weighted by Gasteiger charge is 2.11. The largest absolute Gasteiger partial charge is 0.369 e. The first-order valence-corrected chi connectivity index (χ1v) is 6.01. The lowest BCUT2D eigenvalue weighted by molar-refractivity contribution is 0.369. The Kier molecular flexibility index (Phi) is 2.66. The van der Waals surface area contributed by atoms with Gasteiger partial charge in [-0.05, 0) is 25.5 Å². The molecule has 0 bridgehead atoms. The Morgan fingerprint density at radius 2 is 2.16 bits per heavy atom. The van der Waals surface area contributed by atoms with Gasteiger partial charge in [-0.1, -0.05) is 5.16 Å². The molecule has 0 aliphatic carbocycles. The van der Waals surface area contributed by atoms with Crippen molar-refractivity contribution in [3.05, 3.63) is 29.5 Å². The Hall–Kier alpha value is -2.44. The molecule has 0 aliphatic heterocycles. The van der Waals surface area contributed by atoms with Crippen LogP contribution < -0.4 is 5.73 Å². The molecule has 3 heterocycles. The van der Waals surface area contributed by atoms with E-state index in [4.69, 9.17) is 10.3 Å². The van der Waals surface area contributed by atoms with Crippen molar-refractivity contribution in [1.82, 2.24) is 24.7 Å². The maximum atomic E-state index is 5.92. The summed E-state index contributed by atoms with van der Waals surface area (Å²) in [6, 6.07) is 1.96. The van der Waals surface area contributed by atoms with E-state index >= 15 is 0 Å². The molecular formula is C12H14N6O. The van der Waals surface area contributed by atoms with Gasteiger partial charge >= 0.3 is 0 Å². The van der Waals surface area contributed by atoms with Gasteiger partial charge in [0.1, 0.15) is 5.52 Å². The molecule has 19 heavy (non-hydrogen) atoms. The number of aromatic nitrogens is 5. The molecule has 7 heteroatoms. The highest BCUT2D eigenvalue weighted by molar-refractivity contribution is 5.74. The van der Waals surface area contributed by atoms with Crippen molar-refractivity contribution in [2.45, 2.75) is 26.8 Å². The standard InChI is InChI=1S/C12H14N6O/c1-7-5-9-11(14-6-7)18(12(13)16-9)4-3-10-15-8(2)17-19-10/h5-6H,3-4H2,1-2H3,(H2,13,16). The molecule has 0 unspecified atom stereocenters. The summed E-state index contributed by atoms with van der Waals surface area (Å²) in [6.45, 7) is 4.38. The van der Waals surface area contributed by atoms with Crippen LogP contribution in [0.4, 0.5) is 5.95 Å². The first-order valence-electron chi connectivity index (χ1n) is 6.01. The van der Waals surface area contributed by atoms with Crippen LogP contribution in [-0.4, -0.2) is 24.7 Å². The Balaban J connectivity index is 1.90. The summed E-state index contributed by atoms with van der Waals surface area (Å²) in [6.07, 6.45) is 2.41. The van der Waals surface area contributed by atoms with Gasteiger partial charge in [0.05, 0.1) is 0 Å². The van der Waals surface area contributed by atoms with Crippen LogP contribution in [0.5, 0.6) is 0 Å². The number of hydrogen-bond acceptors (Lipinski definition) is 6. The minimum absolute atomic E-state index is 0.448. The third-order valence-electron chi connectivity index (χ3n) is 2.87. The van der Waals surface area contributed by atoms with Crippen LogP contribution in [0.1, 0.15) is 17.3 Å². The molecule has 98 valence electrons. The predicted octanol–water partition coefficient (Wildman–Crippen LogP) is 1.26. The van der Waals surface area contributed by atoms with Crippen LogP contribution in [0, 0.1) is 13.8 Å². The molecule has 0 fully saturated rings. The van der Waals surface area contributed by atoms with Gasteiger partial charge in [0.2, 0.25) is 11.8 Å². The van der Waals surface area contributed by atoms with Gasteiger partial charge in [-0.25, -0.2) is 9.97 Å². The fourth-order valence-electron chi connectivity index (χ4n) is 2.00. The average molecular weight is 258 g/mol. The number of rotatable bonds is 3. The van der Waals surface area contributed by atoms with E-state index in [1.54, 1.807) is 13.1 Å². The number of imidazole rings is 1. The van der Waals surface area contributed by atoms with Crippen LogP contribution in [0.15, 0.2) is 16.8 Å². The maximum absolute atomic E-state index is 5.92. The van der Waals surface area contributed by atoms with E-state index in [-0.39, 0.29) is 0 Å². The van der Waals surface area contributed by atoms with E-state index in [1.165, 1.54) is 0 Å². The third-order valence-corrected chi connectivity index (χ3v) is 2.87. The molecule has 0 aliphatic rings. The molecule has 0 spiro atoms. The van der Waals surface area contributed by atoms with E-state index in [0.717, 1.165) is 16.7 Å². The summed E-state index contributed by atoms with van der Waals surface area (Å²) < 4.78 is 6.93. The van der Waals surface area contributed by atoms with Crippen molar-refractivity contribution in [1.29, 1.82) is 0 Å². The van der Waals surface area contributed by atoms with Crippen molar-refractivity contribution < 1.29 is 4.52 Å². The molecule has 0 saturated carbocycles. The fourth-order valence-corrected chi connectivity index (χ4v) is 2.00. The van der Waals surface area contributed by atoms with Gasteiger partial charge in [-0.2, -0.15) is 4.98 Å². The van der Waals surface area contributed by atoms with Gasteiger partial charge < -0.3 is 10.3 Å². The van der Waals surface area contributed by atoms with Crippen molar-refractivity contribution in [2.24, 2.45) is 0 Å². The molecule has 3 rings (SSSR count). The van der Waals surface area contributed by atoms with Gasteiger partial charge in [-0.15, -0.1) is 0 Å². The van der Waals surface area contributed by atoms with Gasteiger partial charge in [0.15, 0.2) is 11.5 Å². The topological polar surface area (TPSA) is 95.7 Å². The van der Waals surface area contributed by atoms with Crippen molar-refractivity contribution in [3.63, 3.8) is 0 Å². The van der Waals surface area contributed by atoms with Crippen molar-refractivity contribution in [3.8, 4) is 0 Å². The number of aryl methyl sites for hydroxylation is 4. The molecule has 0 atom stereocenters. The number of fused-ring (bicyclic) bond motifs is 1. The zero-order valence-electron chi connectivity index (χ0n) is 10.8. The Morgan fingerprint density at radius 3 is 2.89 bits per heavy atom. The molecule has 0 saturated heterocycles. The van der Waals surface area contributed by atoms with E-state index in [2.05, 4.69) is 20.1 Å². The monoisotopic (exact) mass is 258 g/mol. The zero-order chi connectivity index (χ0) is 13.4. The smallest absolute Gasteiger partial charge is 0.228 e. The zero-order valence-corrected chi connectivity index (χ0v) is 10.8. The summed E-state index contributed by atoms with van der Waals surface area (Å²) >= 11 is 0. The summed E-state index contributed by atoms with van der Waals surface area (Å²) in [5.41, 5.74) is 8.56. The molecule has 7 nitrogen and oxygen atoms in total. The van der Waals surface area contributed by atoms with Crippen LogP contribution in [0.2, 0.25) is 0 Å². The summed E-state index contributed by atoms with van der Waals surface area (Å²) in [5, 5.41) is 3.76. The maximum Gasteiger partial charge on any atom is 0.228 e. The molecule has 2 N–H and O–H groups in total. The second kappa shape index (κ2) is 4.34. The number of pyridine rings is 1. The summed E-state index contributed by atoms with van der Waals surface area (Å²) in [4.78, 5) is 12.8. The SMILES string of the molecule is Cc1cnc2c(c1)nc(N)n2CCc1nc(C)no1. The number of hydrogen-bond donors (Lipinski definition) is 1. The van der Waals surface area contributed by atoms with Crippen molar-refractivity contribution in [2.75, 3.05) is 5.73 Å². The lowest BCUT2D eigenvalue weighted by Crippen LogP contribution is -2.06. The third kappa shape index (κ3) is 2.14. The molecular weight excluding hydrogens is 244 g/mol. The molecule has 0 aromatic carbocycles. The van der Waals surface area contributed by atoms with Crippen LogP contribution in [-0.2, 0) is 13.0 Å². The number of nitrogen functional groups attached to an aromatic ring is 1. The minimum Gasteiger partial charge on any atom is -0.369 e. The van der Waals surface area contributed by atoms with Crippen LogP contribution in [0.3, 0.4) is 0 Å². The Labute approximate surface area is 109 Å². The number of anilines is 1. The second-order valence-electron chi connectivity index (χ2n) is 4.46. The van der Waals surface area contributed by atoms with Gasteiger partial charge in [0.25, 0.3) is 0 Å². The Morgan fingerprint density at radius 1 is 1.32 bits per heavy atom. The first-order chi connectivity index (χ1) is 9.13. The minimum atomic E-state index is 0.448. The predicted molar refractivity (Wildman–Crippen MR) is 69.4 cm³/mol. The number of nitrogens with zero attached hydrogens (tertiary/aromatic N) is 5. The van der Waals surface area contributed by atoms with E-state index < -0.39 is 0 Å². The second-order valence-corrected chi connectivity index (χ2v) is 4.46. The summed E-state index contributed by atoms with van der Waals surface area (Å²) in [7, 11) is 0. The van der Waals surface area contributed by atoms with Gasteiger partial charge in [-0.3, -0.25) is 4.57 Å². The van der Waals surface area contributed by atoms with E-state index in [9.17, 15) is 0 Å². The summed E-state index contributed by atoms with van der Waals surface area (Å²) in [5.74, 6) is 1.67. The molecule has 0 radical (unpaired) electrons. The lowest BCUT2D eigenvalue weighted by atomic mass is 10.3. The van der Waals surface area contributed by atoms with E-state index in [1.807, 2.05) is 17.6 Å². The average Bonchev–Trinajstić information content (AvgIpc) is 2.89. The molecule has 3 aromatic heterocycles. The van der Waals surface area contributed by atoms with Crippen LogP contribution in [0.25, 0.3) is 11.2 Å². The lowest BCUT2D eigenvalue weighted by Gasteiger charge is -2.03. The number of nitrogens with two attached hydrogens (primary N) is 1. The van der Waals surface area contributed by atoms with E-state index in [0.29, 0.717) is 30.6 Å². The quantitative estimate of drug-likeness (QED) is 0.759.